The van der Waals surface area contributed by atoms with E-state index in [1.165, 1.54) is 25.6 Å². The maximum absolute atomic E-state index is 11.9. The fourth-order valence-corrected chi connectivity index (χ4v) is 1.76. The summed E-state index contributed by atoms with van der Waals surface area (Å²) in [5, 5.41) is 21.0. The Morgan fingerprint density at radius 3 is 2.52 bits per heavy atom. The zero-order chi connectivity index (χ0) is 17.6. The van der Waals surface area contributed by atoms with E-state index in [2.05, 4.69) is 15.0 Å². The molecule has 1 aromatic rings. The first kappa shape index (κ1) is 18.9. The van der Waals surface area contributed by atoms with Gasteiger partial charge < -0.3 is 24.8 Å². The van der Waals surface area contributed by atoms with Crippen molar-refractivity contribution in [3.63, 3.8) is 0 Å². The van der Waals surface area contributed by atoms with Crippen LogP contribution in [0.1, 0.15) is 38.8 Å². The molecule has 23 heavy (non-hydrogen) atoms. The molecular formula is C14H21BN2O6. The van der Waals surface area contributed by atoms with Gasteiger partial charge in [-0.25, -0.2) is 4.79 Å². The van der Waals surface area contributed by atoms with Crippen LogP contribution < -0.4 is 10.8 Å². The SMILES string of the molecule is COC(=O)C[C@H](NC(=O)OC(C)(C)C)c1cncc(B(O)O)c1. The lowest BCUT2D eigenvalue weighted by Gasteiger charge is -2.23. The number of ether oxygens (including phenoxy) is 2. The molecule has 0 spiro atoms. The summed E-state index contributed by atoms with van der Waals surface area (Å²) >= 11 is 0. The molecule has 0 saturated heterocycles. The molecule has 3 N–H and O–H groups in total. The van der Waals surface area contributed by atoms with Gasteiger partial charge in [0.25, 0.3) is 0 Å². The van der Waals surface area contributed by atoms with Crippen LogP contribution in [0.2, 0.25) is 0 Å². The lowest BCUT2D eigenvalue weighted by Crippen LogP contribution is -2.37. The van der Waals surface area contributed by atoms with Crippen molar-refractivity contribution in [2.24, 2.45) is 0 Å². The standard InChI is InChI=1S/C14H21BN2O6/c1-14(2,3)23-13(19)17-11(6-12(18)22-4)9-5-10(15(20)21)8-16-7-9/h5,7-8,11,20-21H,6H2,1-4H3,(H,17,19)/t11-/m0/s1. The van der Waals surface area contributed by atoms with Crippen LogP contribution in [-0.2, 0) is 14.3 Å². The first-order valence-corrected chi connectivity index (χ1v) is 6.99. The van der Waals surface area contributed by atoms with E-state index in [-0.39, 0.29) is 11.9 Å². The molecule has 0 aliphatic carbocycles. The zero-order valence-electron chi connectivity index (χ0n) is 13.6. The van der Waals surface area contributed by atoms with Crippen molar-refractivity contribution in [3.8, 4) is 0 Å². The lowest BCUT2D eigenvalue weighted by molar-refractivity contribution is -0.141. The third-order valence-electron chi connectivity index (χ3n) is 2.77. The monoisotopic (exact) mass is 324 g/mol. The summed E-state index contributed by atoms with van der Waals surface area (Å²) < 4.78 is 9.77. The number of nitrogens with zero attached hydrogens (tertiary/aromatic N) is 1. The summed E-state index contributed by atoms with van der Waals surface area (Å²) in [6.45, 7) is 5.14. The largest absolute Gasteiger partial charge is 0.490 e. The van der Waals surface area contributed by atoms with E-state index in [1.807, 2.05) is 0 Å². The van der Waals surface area contributed by atoms with Crippen LogP contribution in [0.3, 0.4) is 0 Å². The van der Waals surface area contributed by atoms with Gasteiger partial charge in [-0.05, 0) is 26.3 Å². The first-order chi connectivity index (χ1) is 10.6. The Morgan fingerprint density at radius 1 is 1.35 bits per heavy atom. The quantitative estimate of drug-likeness (QED) is 0.511. The zero-order valence-corrected chi connectivity index (χ0v) is 13.6. The van der Waals surface area contributed by atoms with Gasteiger partial charge in [-0.3, -0.25) is 9.78 Å². The molecule has 0 unspecified atom stereocenters. The number of hydrogen-bond donors (Lipinski definition) is 3. The molecule has 1 rings (SSSR count). The fourth-order valence-electron chi connectivity index (χ4n) is 1.76. The molecule has 1 heterocycles. The molecule has 0 fully saturated rings. The van der Waals surface area contributed by atoms with Gasteiger partial charge in [0.05, 0.1) is 19.6 Å². The number of methoxy groups -OCH3 is 1. The molecule has 0 aromatic carbocycles. The molecule has 1 aromatic heterocycles. The first-order valence-electron chi connectivity index (χ1n) is 6.99. The Labute approximate surface area is 135 Å². The fraction of sp³-hybridized carbons (Fsp3) is 0.500. The number of rotatable bonds is 5. The molecule has 1 atom stereocenters. The number of aromatic nitrogens is 1. The van der Waals surface area contributed by atoms with Crippen LogP contribution in [0.4, 0.5) is 4.79 Å². The highest BCUT2D eigenvalue weighted by Crippen LogP contribution is 2.17. The summed E-state index contributed by atoms with van der Waals surface area (Å²) in [7, 11) is -0.471. The topological polar surface area (TPSA) is 118 Å². The molecular weight excluding hydrogens is 303 g/mol. The Bertz CT molecular complexity index is 558. The number of pyridine rings is 1. The second-order valence-corrected chi connectivity index (χ2v) is 5.90. The van der Waals surface area contributed by atoms with E-state index in [9.17, 15) is 19.6 Å². The van der Waals surface area contributed by atoms with Crippen LogP contribution in [0.15, 0.2) is 18.5 Å². The molecule has 0 bridgehead atoms. The highest BCUT2D eigenvalue weighted by molar-refractivity contribution is 6.58. The number of esters is 1. The van der Waals surface area contributed by atoms with Crippen LogP contribution >= 0.6 is 0 Å². The van der Waals surface area contributed by atoms with E-state index >= 15 is 0 Å². The van der Waals surface area contributed by atoms with Crippen LogP contribution in [0.25, 0.3) is 0 Å². The summed E-state index contributed by atoms with van der Waals surface area (Å²) in [4.78, 5) is 27.4. The number of amides is 1. The molecule has 0 aliphatic heterocycles. The number of nitrogens with one attached hydrogen (secondary N) is 1. The second kappa shape index (κ2) is 7.93. The van der Waals surface area contributed by atoms with Crippen LogP contribution in [0, 0.1) is 0 Å². The Hall–Kier alpha value is -2.13. The van der Waals surface area contributed by atoms with Gasteiger partial charge in [0, 0.05) is 17.9 Å². The highest BCUT2D eigenvalue weighted by atomic mass is 16.6. The molecule has 1 amide bonds. The average molecular weight is 324 g/mol. The van der Waals surface area contributed by atoms with Crippen molar-refractivity contribution in [1.82, 2.24) is 10.3 Å². The number of carbonyl (C=O) groups is 2. The minimum absolute atomic E-state index is 0.142. The third-order valence-corrected chi connectivity index (χ3v) is 2.77. The van der Waals surface area contributed by atoms with Gasteiger partial charge >= 0.3 is 19.2 Å². The normalized spacial score (nSPS) is 12.3. The number of hydrogen-bond acceptors (Lipinski definition) is 7. The van der Waals surface area contributed by atoms with Crippen LogP contribution in [-0.4, -0.2) is 46.9 Å². The summed E-state index contributed by atoms with van der Waals surface area (Å²) in [5.41, 5.74) is -0.128. The molecule has 0 aliphatic rings. The van der Waals surface area contributed by atoms with E-state index in [0.29, 0.717) is 5.56 Å². The van der Waals surface area contributed by atoms with Crippen LogP contribution in [0.5, 0.6) is 0 Å². The smallest absolute Gasteiger partial charge is 0.469 e. The number of alkyl carbamates (subject to hydrolysis) is 1. The minimum atomic E-state index is -1.71. The maximum atomic E-state index is 11.9. The van der Waals surface area contributed by atoms with Gasteiger partial charge in [0.15, 0.2) is 0 Å². The van der Waals surface area contributed by atoms with E-state index < -0.39 is 30.8 Å². The molecule has 126 valence electrons. The van der Waals surface area contributed by atoms with Crippen molar-refractivity contribution in [2.45, 2.75) is 38.8 Å². The summed E-state index contributed by atoms with van der Waals surface area (Å²) in [5.74, 6) is -0.541. The van der Waals surface area contributed by atoms with Gasteiger partial charge in [-0.15, -0.1) is 0 Å². The Balaban J connectivity index is 2.98. The van der Waals surface area contributed by atoms with Crippen molar-refractivity contribution in [1.29, 1.82) is 0 Å². The van der Waals surface area contributed by atoms with E-state index in [0.717, 1.165) is 0 Å². The molecule has 8 nitrogen and oxygen atoms in total. The van der Waals surface area contributed by atoms with Crippen molar-refractivity contribution >= 4 is 24.6 Å². The third kappa shape index (κ3) is 6.66. The molecule has 9 heteroatoms. The minimum Gasteiger partial charge on any atom is -0.469 e. The predicted octanol–water partition coefficient (Wildman–Crippen LogP) is -0.110. The van der Waals surface area contributed by atoms with Gasteiger partial charge in [0.1, 0.15) is 5.60 Å². The van der Waals surface area contributed by atoms with E-state index in [1.54, 1.807) is 20.8 Å². The van der Waals surface area contributed by atoms with E-state index in [4.69, 9.17) is 4.74 Å². The Morgan fingerprint density at radius 2 is 2.00 bits per heavy atom. The Kier molecular flexibility index (Phi) is 6.53. The average Bonchev–Trinajstić information content (AvgIpc) is 2.44. The maximum Gasteiger partial charge on any atom is 0.490 e. The van der Waals surface area contributed by atoms with Crippen molar-refractivity contribution in [3.05, 3.63) is 24.0 Å². The van der Waals surface area contributed by atoms with Gasteiger partial charge in [-0.2, -0.15) is 0 Å². The van der Waals surface area contributed by atoms with Crippen molar-refractivity contribution < 1.29 is 29.1 Å². The van der Waals surface area contributed by atoms with Crippen molar-refractivity contribution in [2.75, 3.05) is 7.11 Å². The highest BCUT2D eigenvalue weighted by Gasteiger charge is 2.24. The number of carbonyl (C=O) groups excluding carboxylic acids is 2. The summed E-state index contributed by atoms with van der Waals surface area (Å²) in [6.07, 6.45) is 1.83. The second-order valence-electron chi connectivity index (χ2n) is 5.90. The van der Waals surface area contributed by atoms with Gasteiger partial charge in [-0.1, -0.05) is 6.07 Å². The summed E-state index contributed by atoms with van der Waals surface area (Å²) in [6, 6.07) is 0.659. The lowest BCUT2D eigenvalue weighted by atomic mass is 9.80. The molecule has 0 saturated carbocycles. The predicted molar refractivity (Wildman–Crippen MR) is 82.8 cm³/mol. The van der Waals surface area contributed by atoms with Gasteiger partial charge in [0.2, 0.25) is 0 Å². The molecule has 0 radical (unpaired) electrons.